The summed E-state index contributed by atoms with van der Waals surface area (Å²) in [6.07, 6.45) is 5.40. The normalized spacial score (nSPS) is 17.7. The van der Waals surface area contributed by atoms with Gasteiger partial charge in [0.15, 0.2) is 5.82 Å². The van der Waals surface area contributed by atoms with Gasteiger partial charge >= 0.3 is 6.09 Å². The van der Waals surface area contributed by atoms with Crippen LogP contribution in [0.2, 0.25) is 5.02 Å². The summed E-state index contributed by atoms with van der Waals surface area (Å²) in [6, 6.07) is 8.25. The monoisotopic (exact) mass is 497 g/mol. The molecule has 35 heavy (non-hydrogen) atoms. The van der Waals surface area contributed by atoms with Crippen LogP contribution >= 0.6 is 11.6 Å². The molecule has 1 aliphatic rings. The third kappa shape index (κ3) is 5.07. The number of hydrogen-bond acceptors (Lipinski definition) is 6. The van der Waals surface area contributed by atoms with Crippen LogP contribution in [0.15, 0.2) is 42.7 Å². The van der Waals surface area contributed by atoms with Crippen LogP contribution in [0.1, 0.15) is 44.7 Å². The van der Waals surface area contributed by atoms with E-state index < -0.39 is 5.82 Å². The average molecular weight is 498 g/mol. The maximum Gasteiger partial charge on any atom is 0.407 e. The van der Waals surface area contributed by atoms with Crippen LogP contribution in [0.5, 0.6) is 0 Å². The molecule has 4 aromatic rings. The number of fused-ring (bicyclic) bond motifs is 1. The van der Waals surface area contributed by atoms with Gasteiger partial charge in [-0.05, 0) is 51.3 Å². The first-order chi connectivity index (χ1) is 16.9. The van der Waals surface area contributed by atoms with Crippen LogP contribution in [0.4, 0.5) is 21.0 Å². The highest BCUT2D eigenvalue weighted by Gasteiger charge is 2.30. The lowest BCUT2D eigenvalue weighted by Gasteiger charge is -2.14. The Morgan fingerprint density at radius 3 is 2.94 bits per heavy atom. The van der Waals surface area contributed by atoms with Crippen LogP contribution < -0.4 is 10.6 Å². The van der Waals surface area contributed by atoms with E-state index in [1.807, 2.05) is 19.9 Å². The Morgan fingerprint density at radius 1 is 1.29 bits per heavy atom. The van der Waals surface area contributed by atoms with Crippen molar-refractivity contribution in [2.45, 2.75) is 51.2 Å². The van der Waals surface area contributed by atoms with Crippen molar-refractivity contribution in [3.8, 4) is 11.3 Å². The van der Waals surface area contributed by atoms with Gasteiger partial charge in [-0.1, -0.05) is 11.6 Å². The lowest BCUT2D eigenvalue weighted by Crippen LogP contribution is -2.33. The number of nitrogens with one attached hydrogen (secondary N) is 3. The van der Waals surface area contributed by atoms with Gasteiger partial charge in [0, 0.05) is 47.7 Å². The summed E-state index contributed by atoms with van der Waals surface area (Å²) in [5.74, 6) is 0.828. The fourth-order valence-corrected chi connectivity index (χ4v) is 4.47. The first-order valence-corrected chi connectivity index (χ1v) is 11.8. The van der Waals surface area contributed by atoms with E-state index in [1.165, 1.54) is 12.1 Å². The molecular weight excluding hydrogens is 473 g/mol. The van der Waals surface area contributed by atoms with E-state index in [0.29, 0.717) is 28.7 Å². The van der Waals surface area contributed by atoms with Gasteiger partial charge in [-0.15, -0.1) is 0 Å². The zero-order valence-electron chi connectivity index (χ0n) is 19.3. The number of nitrogens with zero attached hydrogens (tertiary/aromatic N) is 4. The summed E-state index contributed by atoms with van der Waals surface area (Å²) in [5, 5.41) is 13.5. The summed E-state index contributed by atoms with van der Waals surface area (Å²) in [5.41, 5.74) is 2.90. The number of imidazole rings is 1. The minimum atomic E-state index is -0.486. The third-order valence-corrected chi connectivity index (χ3v) is 6.24. The Bertz CT molecular complexity index is 1370. The number of aromatic amines is 1. The lowest BCUT2D eigenvalue weighted by atomic mass is 10.0. The molecule has 1 aromatic carbocycles. The SMILES string of the molecule is CC(C)NC(=O)OC1CCC(c2cc(Nc3nc(-c4ccc(F)c(Cl)c4)cc4nccn34)n[nH]2)C1. The first-order valence-electron chi connectivity index (χ1n) is 11.4. The van der Waals surface area contributed by atoms with E-state index in [1.54, 1.807) is 28.9 Å². The number of benzene rings is 1. The van der Waals surface area contributed by atoms with E-state index in [9.17, 15) is 9.18 Å². The van der Waals surface area contributed by atoms with Crippen molar-refractivity contribution in [1.29, 1.82) is 0 Å². The molecule has 3 aromatic heterocycles. The highest BCUT2D eigenvalue weighted by atomic mass is 35.5. The largest absolute Gasteiger partial charge is 0.446 e. The molecule has 0 bridgehead atoms. The van der Waals surface area contributed by atoms with Gasteiger partial charge in [0.05, 0.1) is 10.7 Å². The van der Waals surface area contributed by atoms with Crippen molar-refractivity contribution in [1.82, 2.24) is 29.9 Å². The zero-order valence-corrected chi connectivity index (χ0v) is 20.0. The van der Waals surface area contributed by atoms with Crippen molar-refractivity contribution in [3.63, 3.8) is 0 Å². The van der Waals surface area contributed by atoms with Crippen molar-refractivity contribution in [3.05, 3.63) is 59.3 Å². The molecule has 2 atom stereocenters. The van der Waals surface area contributed by atoms with Gasteiger partial charge in [-0.3, -0.25) is 9.50 Å². The molecular formula is C24H25ClFN7O2. The molecule has 3 N–H and O–H groups in total. The summed E-state index contributed by atoms with van der Waals surface area (Å²) >= 11 is 5.97. The van der Waals surface area contributed by atoms with Gasteiger partial charge < -0.3 is 15.4 Å². The number of hydrogen-bond donors (Lipinski definition) is 3. The Morgan fingerprint density at radius 2 is 2.14 bits per heavy atom. The highest BCUT2D eigenvalue weighted by molar-refractivity contribution is 6.31. The number of carbonyl (C=O) groups is 1. The molecule has 5 rings (SSSR count). The molecule has 2 unspecified atom stereocenters. The van der Waals surface area contributed by atoms with Crippen molar-refractivity contribution < 1.29 is 13.9 Å². The Labute approximate surface area is 206 Å². The molecule has 11 heteroatoms. The standard InChI is InChI=1S/C24H25ClFN7O2/c1-13(2)28-24(34)35-16-5-3-14(9-16)20-11-21(32-31-20)30-23-29-19(12-22-27-7-8-33(22)23)15-4-6-18(26)17(25)10-15/h4,6-8,10-14,16H,3,5,9H2,1-2H3,(H,28,34)(H2,29,30,31,32). The van der Waals surface area contributed by atoms with Crippen LogP contribution in [-0.4, -0.2) is 42.8 Å². The summed E-state index contributed by atoms with van der Waals surface area (Å²) in [7, 11) is 0. The van der Waals surface area contributed by atoms with Crippen LogP contribution in [0.3, 0.4) is 0 Å². The molecule has 0 aliphatic heterocycles. The minimum Gasteiger partial charge on any atom is -0.446 e. The number of H-pyrrole nitrogens is 1. The number of amides is 1. The number of aromatic nitrogens is 5. The predicted molar refractivity (Wildman–Crippen MR) is 130 cm³/mol. The topological polar surface area (TPSA) is 109 Å². The predicted octanol–water partition coefficient (Wildman–Crippen LogP) is 5.43. The maximum atomic E-state index is 13.6. The maximum absolute atomic E-state index is 13.6. The van der Waals surface area contributed by atoms with Gasteiger partial charge in [0.2, 0.25) is 5.95 Å². The molecule has 1 amide bonds. The Balaban J connectivity index is 1.32. The summed E-state index contributed by atoms with van der Waals surface area (Å²) in [6.45, 7) is 3.80. The molecule has 0 saturated heterocycles. The number of anilines is 2. The van der Waals surface area contributed by atoms with E-state index in [0.717, 1.165) is 25.0 Å². The van der Waals surface area contributed by atoms with E-state index >= 15 is 0 Å². The third-order valence-electron chi connectivity index (χ3n) is 5.95. The molecule has 3 heterocycles. The fourth-order valence-electron chi connectivity index (χ4n) is 4.29. The molecule has 1 aliphatic carbocycles. The van der Waals surface area contributed by atoms with Crippen molar-refractivity contribution in [2.24, 2.45) is 0 Å². The summed E-state index contributed by atoms with van der Waals surface area (Å²) in [4.78, 5) is 21.0. The second-order valence-electron chi connectivity index (χ2n) is 8.92. The molecule has 0 radical (unpaired) electrons. The number of alkyl carbamates (subject to hydrolysis) is 1. The first kappa shape index (κ1) is 23.1. The highest BCUT2D eigenvalue weighted by Crippen LogP contribution is 2.36. The number of halogens is 2. The second kappa shape index (κ2) is 9.53. The van der Waals surface area contributed by atoms with Crippen LogP contribution in [0, 0.1) is 5.82 Å². The second-order valence-corrected chi connectivity index (χ2v) is 9.33. The number of ether oxygens (including phenoxy) is 1. The molecule has 1 saturated carbocycles. The zero-order chi connectivity index (χ0) is 24.5. The quantitative estimate of drug-likeness (QED) is 0.328. The molecule has 182 valence electrons. The van der Waals surface area contributed by atoms with Crippen molar-refractivity contribution >= 4 is 35.1 Å². The Hall–Kier alpha value is -3.66. The molecule has 9 nitrogen and oxygen atoms in total. The van der Waals surface area contributed by atoms with E-state index in [4.69, 9.17) is 21.3 Å². The van der Waals surface area contributed by atoms with E-state index in [2.05, 4.69) is 25.8 Å². The number of rotatable bonds is 6. The molecule has 0 spiro atoms. The fraction of sp³-hybridized carbons (Fsp3) is 0.333. The Kier molecular flexibility index (Phi) is 6.29. The van der Waals surface area contributed by atoms with Crippen LogP contribution in [0.25, 0.3) is 16.9 Å². The van der Waals surface area contributed by atoms with Crippen molar-refractivity contribution in [2.75, 3.05) is 5.32 Å². The molecule has 1 fully saturated rings. The van der Waals surface area contributed by atoms with E-state index in [-0.39, 0.29) is 29.2 Å². The van der Waals surface area contributed by atoms with Gasteiger partial charge in [-0.25, -0.2) is 19.2 Å². The number of carbonyl (C=O) groups excluding carboxylic acids is 1. The smallest absolute Gasteiger partial charge is 0.407 e. The average Bonchev–Trinajstić information content (AvgIpc) is 3.55. The van der Waals surface area contributed by atoms with Gasteiger partial charge in [0.25, 0.3) is 0 Å². The lowest BCUT2D eigenvalue weighted by molar-refractivity contribution is 0.0981. The van der Waals surface area contributed by atoms with Crippen LogP contribution in [-0.2, 0) is 4.74 Å². The minimum absolute atomic E-state index is 0.0273. The van der Waals surface area contributed by atoms with Gasteiger partial charge in [-0.2, -0.15) is 5.10 Å². The summed E-state index contributed by atoms with van der Waals surface area (Å²) < 4.78 is 21.0. The van der Waals surface area contributed by atoms with Gasteiger partial charge in [0.1, 0.15) is 17.6 Å².